The Labute approximate surface area is 200 Å². The number of methoxy groups -OCH3 is 2. The predicted molar refractivity (Wildman–Crippen MR) is 138 cm³/mol. The Bertz CT molecular complexity index is 1300. The minimum Gasteiger partial charge on any atom is -0.500 e. The number of hydrogen-bond donors (Lipinski definition) is 0. The highest BCUT2D eigenvalue weighted by molar-refractivity contribution is 5.71. The highest BCUT2D eigenvalue weighted by Gasteiger charge is 2.28. The van der Waals surface area contributed by atoms with Crippen LogP contribution in [0.5, 0.6) is 0 Å². The second-order valence-electron chi connectivity index (χ2n) is 8.87. The summed E-state index contributed by atoms with van der Waals surface area (Å²) in [4.78, 5) is 0. The van der Waals surface area contributed by atoms with Crippen LogP contribution in [0.4, 0.5) is 0 Å². The van der Waals surface area contributed by atoms with Gasteiger partial charge in [-0.05, 0) is 56.7 Å². The third-order valence-corrected chi connectivity index (χ3v) is 7.07. The molecule has 34 heavy (non-hydrogen) atoms. The van der Waals surface area contributed by atoms with E-state index in [0.717, 1.165) is 11.5 Å². The second-order valence-corrected chi connectivity index (χ2v) is 8.87. The standard InChI is InChI=1S/C32H26O2/c1-33-29-19-25-7-3-5-9-27(25)31(29)23-15-11-21(12-16-23)22-13-17-24(18-14-22)32-28-10-6-4-8-26(28)20-30(32)34-2/h3-20,31-32H,1-2H3. The van der Waals surface area contributed by atoms with Gasteiger partial charge in [0.25, 0.3) is 0 Å². The molecule has 0 saturated carbocycles. The Kier molecular flexibility index (Phi) is 5.07. The normalized spacial score (nSPS) is 18.1. The lowest BCUT2D eigenvalue weighted by molar-refractivity contribution is 0.279. The Morgan fingerprint density at radius 3 is 1.24 bits per heavy atom. The van der Waals surface area contributed by atoms with Crippen LogP contribution < -0.4 is 0 Å². The Morgan fingerprint density at radius 2 is 0.853 bits per heavy atom. The maximum absolute atomic E-state index is 5.73. The quantitative estimate of drug-likeness (QED) is 0.316. The van der Waals surface area contributed by atoms with Gasteiger partial charge in [0.1, 0.15) is 11.5 Å². The molecule has 4 aromatic rings. The van der Waals surface area contributed by atoms with Crippen molar-refractivity contribution >= 4 is 12.2 Å². The van der Waals surface area contributed by atoms with Crippen molar-refractivity contribution in [3.63, 3.8) is 0 Å². The summed E-state index contributed by atoms with van der Waals surface area (Å²) < 4.78 is 11.5. The van der Waals surface area contributed by atoms with E-state index in [0.29, 0.717) is 0 Å². The molecule has 0 saturated heterocycles. The third kappa shape index (κ3) is 3.34. The van der Waals surface area contributed by atoms with Crippen LogP contribution in [0.2, 0.25) is 0 Å². The van der Waals surface area contributed by atoms with E-state index >= 15 is 0 Å². The zero-order valence-corrected chi connectivity index (χ0v) is 19.4. The number of fused-ring (bicyclic) bond motifs is 2. The smallest absolute Gasteiger partial charge is 0.108 e. The Hall–Kier alpha value is -4.04. The van der Waals surface area contributed by atoms with Crippen LogP contribution in [-0.2, 0) is 9.47 Å². The van der Waals surface area contributed by atoms with Gasteiger partial charge in [-0.2, -0.15) is 0 Å². The van der Waals surface area contributed by atoms with Gasteiger partial charge >= 0.3 is 0 Å². The van der Waals surface area contributed by atoms with Gasteiger partial charge in [0.2, 0.25) is 0 Å². The van der Waals surface area contributed by atoms with Crippen LogP contribution in [0, 0.1) is 0 Å². The molecule has 2 aliphatic carbocycles. The van der Waals surface area contributed by atoms with Crippen molar-refractivity contribution in [3.8, 4) is 11.1 Å². The molecule has 0 aromatic heterocycles. The van der Waals surface area contributed by atoms with Crippen molar-refractivity contribution in [2.45, 2.75) is 11.8 Å². The Balaban J connectivity index is 1.28. The number of ether oxygens (including phenoxy) is 2. The summed E-state index contributed by atoms with van der Waals surface area (Å²) in [7, 11) is 3.52. The van der Waals surface area contributed by atoms with Crippen LogP contribution in [0.1, 0.15) is 45.2 Å². The first-order valence-electron chi connectivity index (χ1n) is 11.7. The van der Waals surface area contributed by atoms with E-state index in [1.165, 1.54) is 44.5 Å². The molecule has 166 valence electrons. The van der Waals surface area contributed by atoms with Gasteiger partial charge in [0.05, 0.1) is 26.1 Å². The van der Waals surface area contributed by atoms with Crippen molar-refractivity contribution in [2.75, 3.05) is 14.2 Å². The van der Waals surface area contributed by atoms with Gasteiger partial charge in [-0.15, -0.1) is 0 Å². The van der Waals surface area contributed by atoms with E-state index in [2.05, 4.69) is 109 Å². The lowest BCUT2D eigenvalue weighted by Gasteiger charge is -2.18. The summed E-state index contributed by atoms with van der Waals surface area (Å²) in [6.07, 6.45) is 4.30. The van der Waals surface area contributed by atoms with Gasteiger partial charge in [-0.3, -0.25) is 0 Å². The molecule has 0 amide bonds. The number of hydrogen-bond acceptors (Lipinski definition) is 2. The maximum Gasteiger partial charge on any atom is 0.108 e. The first-order valence-corrected chi connectivity index (χ1v) is 11.7. The maximum atomic E-state index is 5.73. The number of rotatable bonds is 5. The molecule has 0 aliphatic heterocycles. The van der Waals surface area contributed by atoms with E-state index < -0.39 is 0 Å². The zero-order valence-electron chi connectivity index (χ0n) is 19.4. The fraction of sp³-hybridized carbons (Fsp3) is 0.125. The average molecular weight is 443 g/mol. The second kappa shape index (κ2) is 8.39. The molecular weight excluding hydrogens is 416 g/mol. The van der Waals surface area contributed by atoms with Crippen LogP contribution in [0.15, 0.2) is 109 Å². The fourth-order valence-electron chi connectivity index (χ4n) is 5.37. The minimum atomic E-state index is 0.152. The van der Waals surface area contributed by atoms with Crippen LogP contribution in [0.25, 0.3) is 23.3 Å². The van der Waals surface area contributed by atoms with Crippen LogP contribution >= 0.6 is 0 Å². The van der Waals surface area contributed by atoms with E-state index in [1.54, 1.807) is 14.2 Å². The summed E-state index contributed by atoms with van der Waals surface area (Å²) in [5.41, 5.74) is 9.99. The molecule has 4 aromatic carbocycles. The largest absolute Gasteiger partial charge is 0.500 e. The van der Waals surface area contributed by atoms with E-state index in [-0.39, 0.29) is 11.8 Å². The summed E-state index contributed by atoms with van der Waals surface area (Å²) in [6, 6.07) is 34.8. The van der Waals surface area contributed by atoms with Crippen molar-refractivity contribution in [3.05, 3.63) is 142 Å². The molecule has 0 spiro atoms. The first-order chi connectivity index (χ1) is 16.8. The summed E-state index contributed by atoms with van der Waals surface area (Å²) in [5, 5.41) is 0. The molecule has 2 atom stereocenters. The highest BCUT2D eigenvalue weighted by Crippen LogP contribution is 2.43. The van der Waals surface area contributed by atoms with Crippen molar-refractivity contribution in [1.82, 2.24) is 0 Å². The summed E-state index contributed by atoms with van der Waals surface area (Å²) in [6.45, 7) is 0. The van der Waals surface area contributed by atoms with E-state index in [9.17, 15) is 0 Å². The molecular formula is C32H26O2. The summed E-state index contributed by atoms with van der Waals surface area (Å²) in [5.74, 6) is 2.30. The van der Waals surface area contributed by atoms with E-state index in [1.807, 2.05) is 0 Å². The molecule has 2 heteroatoms. The molecule has 2 unspecified atom stereocenters. The topological polar surface area (TPSA) is 18.5 Å². The first kappa shape index (κ1) is 20.6. The fourth-order valence-corrected chi connectivity index (χ4v) is 5.37. The lowest BCUT2D eigenvalue weighted by Crippen LogP contribution is -2.03. The number of benzene rings is 4. The molecule has 0 radical (unpaired) electrons. The van der Waals surface area contributed by atoms with Gasteiger partial charge < -0.3 is 9.47 Å². The van der Waals surface area contributed by atoms with Gasteiger partial charge in [-0.25, -0.2) is 0 Å². The van der Waals surface area contributed by atoms with Crippen LogP contribution in [-0.4, -0.2) is 14.2 Å². The van der Waals surface area contributed by atoms with Crippen LogP contribution in [0.3, 0.4) is 0 Å². The van der Waals surface area contributed by atoms with Gasteiger partial charge in [0.15, 0.2) is 0 Å². The molecule has 0 N–H and O–H groups in total. The minimum absolute atomic E-state index is 0.152. The van der Waals surface area contributed by atoms with Crippen molar-refractivity contribution < 1.29 is 9.47 Å². The van der Waals surface area contributed by atoms with Crippen molar-refractivity contribution in [2.24, 2.45) is 0 Å². The molecule has 0 heterocycles. The molecule has 6 rings (SSSR count). The van der Waals surface area contributed by atoms with Gasteiger partial charge in [-0.1, -0.05) is 97.1 Å². The predicted octanol–water partition coefficient (Wildman–Crippen LogP) is 7.62. The lowest BCUT2D eigenvalue weighted by atomic mass is 9.89. The van der Waals surface area contributed by atoms with E-state index in [4.69, 9.17) is 9.47 Å². The highest BCUT2D eigenvalue weighted by atomic mass is 16.5. The molecule has 2 nitrogen and oxygen atoms in total. The average Bonchev–Trinajstić information content (AvgIpc) is 3.47. The molecule has 0 bridgehead atoms. The summed E-state index contributed by atoms with van der Waals surface area (Å²) >= 11 is 0. The van der Waals surface area contributed by atoms with Crippen molar-refractivity contribution in [1.29, 1.82) is 0 Å². The SMILES string of the molecule is COC1=Cc2ccccc2C1c1ccc(-c2ccc(C3C(OC)=Cc4ccccc43)cc2)cc1. The molecule has 2 aliphatic rings. The van der Waals surface area contributed by atoms with Gasteiger partial charge in [0, 0.05) is 0 Å². The number of allylic oxidation sites excluding steroid dienone is 2. The monoisotopic (exact) mass is 442 g/mol. The zero-order chi connectivity index (χ0) is 23.1. The molecule has 0 fully saturated rings. The third-order valence-electron chi connectivity index (χ3n) is 7.07. The Morgan fingerprint density at radius 1 is 0.471 bits per heavy atom.